The maximum atomic E-state index is 15.1. The molecule has 0 aliphatic carbocycles. The summed E-state index contributed by atoms with van der Waals surface area (Å²) < 4.78 is 47.4. The molecule has 0 bridgehead atoms. The van der Waals surface area contributed by atoms with Crippen LogP contribution in [0, 0.1) is 22.7 Å². The van der Waals surface area contributed by atoms with Crippen LogP contribution in [-0.2, 0) is 6.18 Å². The monoisotopic (exact) mass is 1160 g/mol. The van der Waals surface area contributed by atoms with Crippen molar-refractivity contribution in [1.29, 1.82) is 10.5 Å². The smallest absolute Gasteiger partial charge is 0.311 e. The van der Waals surface area contributed by atoms with Gasteiger partial charge in [-0.05, 0) is 175 Å². The van der Waals surface area contributed by atoms with Gasteiger partial charge in [-0.3, -0.25) is 0 Å². The first kappa shape index (κ1) is 53.6. The Morgan fingerprint density at radius 2 is 0.722 bits per heavy atom. The van der Waals surface area contributed by atoms with E-state index >= 15 is 13.2 Å². The number of alkyl halides is 3. The zero-order valence-electron chi connectivity index (χ0n) is 48.2. The molecule has 0 N–H and O–H groups in total. The van der Waals surface area contributed by atoms with Gasteiger partial charge in [-0.1, -0.05) is 200 Å². The van der Waals surface area contributed by atoms with E-state index in [-0.39, 0.29) is 29.0 Å². The molecule has 0 spiro atoms. The van der Waals surface area contributed by atoms with Crippen LogP contribution in [-0.4, -0.2) is 11.3 Å². The molecule has 0 fully saturated rings. The summed E-state index contributed by atoms with van der Waals surface area (Å²) in [4.78, 5) is 4.88. The molecule has 0 amide bonds. The molecule has 1 aromatic heterocycles. The molecule has 13 aromatic carbocycles. The predicted octanol–water partition coefficient (Wildman–Crippen LogP) is 19.6. The number of hydrogen-bond donors (Lipinski definition) is 0. The summed E-state index contributed by atoms with van der Waals surface area (Å²) in [6.07, 6.45) is -4.80. The molecule has 16 rings (SSSR count). The normalized spacial score (nSPS) is 12.3. The lowest BCUT2D eigenvalue weighted by atomic mass is 9.33. The van der Waals surface area contributed by atoms with Crippen molar-refractivity contribution in [1.82, 2.24) is 4.57 Å². The Kier molecular flexibility index (Phi) is 12.8. The molecule has 0 saturated carbocycles. The fourth-order valence-corrected chi connectivity index (χ4v) is 13.7. The average molecular weight is 1160 g/mol. The van der Waals surface area contributed by atoms with E-state index in [0.717, 1.165) is 123 Å². The van der Waals surface area contributed by atoms with Gasteiger partial charge in [-0.25, -0.2) is 0 Å². The highest BCUT2D eigenvalue weighted by Gasteiger charge is 2.44. The third-order valence-electron chi connectivity index (χ3n) is 17.9. The molecule has 5 nitrogen and oxygen atoms in total. The van der Waals surface area contributed by atoms with E-state index in [9.17, 15) is 10.5 Å². The molecule has 2 aliphatic rings. The highest BCUT2D eigenvalue weighted by atomic mass is 19.4. The summed E-state index contributed by atoms with van der Waals surface area (Å²) in [6, 6.07) is 105. The van der Waals surface area contributed by atoms with Gasteiger partial charge >= 0.3 is 6.18 Å². The number of hydrogen-bond acceptors (Lipinski definition) is 4. The predicted molar refractivity (Wildman–Crippen MR) is 362 cm³/mol. The summed E-state index contributed by atoms with van der Waals surface area (Å²) in [5, 5.41) is 21.7. The SMILES string of the molecule is N#Cc1ccc(-n2c3ccccc3c3cc(-c4cc5c6c(c4)N(c4ccc(-c7ccccc7)cc4)c4ccc(-c7ccccc7)cc4B6c4cc(-c6ccccc6)ccc4N5c4ccc(-c5ccccc5)cc4)ccc32)c(-c2ccc(C#N)cc2C(F)(F)F)c1. The molecule has 9 heteroatoms. The Labute approximate surface area is 519 Å². The van der Waals surface area contributed by atoms with E-state index < -0.39 is 11.7 Å². The first-order valence-electron chi connectivity index (χ1n) is 29.9. The maximum absolute atomic E-state index is 15.1. The zero-order chi connectivity index (χ0) is 60.6. The molecular formula is C81H49BF3N5. The molecule has 0 unspecified atom stereocenters. The first-order valence-corrected chi connectivity index (χ1v) is 29.9. The molecule has 14 aromatic rings. The second-order valence-corrected chi connectivity index (χ2v) is 22.9. The van der Waals surface area contributed by atoms with Gasteiger partial charge in [0.1, 0.15) is 0 Å². The summed E-state index contributed by atoms with van der Waals surface area (Å²) in [6.45, 7) is -0.225. The fraction of sp³-hybridized carbons (Fsp3) is 0.0123. The molecule has 0 radical (unpaired) electrons. The van der Waals surface area contributed by atoms with Crippen LogP contribution in [0.1, 0.15) is 16.7 Å². The van der Waals surface area contributed by atoms with Gasteiger partial charge in [0.05, 0.1) is 45.5 Å². The quantitative estimate of drug-likeness (QED) is 0.135. The van der Waals surface area contributed by atoms with E-state index in [1.165, 1.54) is 29.1 Å². The van der Waals surface area contributed by atoms with Crippen LogP contribution >= 0.6 is 0 Å². The summed E-state index contributed by atoms with van der Waals surface area (Å²) in [5.74, 6) is 0. The first-order chi connectivity index (χ1) is 44.2. The van der Waals surface area contributed by atoms with Crippen LogP contribution in [0.2, 0.25) is 0 Å². The average Bonchev–Trinajstić information content (AvgIpc) is 0.781. The van der Waals surface area contributed by atoms with Crippen LogP contribution in [0.25, 0.3) is 94.3 Å². The van der Waals surface area contributed by atoms with Crippen LogP contribution in [0.5, 0.6) is 0 Å². The molecule has 2 aliphatic heterocycles. The summed E-state index contributed by atoms with van der Waals surface area (Å²) in [5.41, 5.74) is 21.7. The van der Waals surface area contributed by atoms with Crippen molar-refractivity contribution >= 4 is 79.0 Å². The van der Waals surface area contributed by atoms with Crippen molar-refractivity contribution in [2.75, 3.05) is 9.80 Å². The standard InChI is InChI=1S/C81H49BF3N5/c83-81(84,85)70-44-53(51-87)25-38-66(70)68-43-52(50-86)26-39-74(68)90-73-24-14-13-23-67(73)69-45-60(31-40-75(69)90)63-48-78-80-79(49-63)89(65-36-29-59(30-37-65)55-17-7-2-8-18-55)77-42-33-62(57-21-11-4-12-22-57)47-72(77)82(80)71-46-61(56-19-9-3-10-20-56)32-41-76(71)88(78)64-34-27-58(28-35-64)54-15-5-1-6-16-54/h1-49H. The summed E-state index contributed by atoms with van der Waals surface area (Å²) in [7, 11) is 0. The number of anilines is 6. The van der Waals surface area contributed by atoms with Crippen molar-refractivity contribution in [3.63, 3.8) is 0 Å². The van der Waals surface area contributed by atoms with E-state index in [0.29, 0.717) is 5.69 Å². The third-order valence-corrected chi connectivity index (χ3v) is 17.9. The Hall–Kier alpha value is -11.9. The number of aromatic nitrogens is 1. The molecule has 422 valence electrons. The Morgan fingerprint density at radius 1 is 0.311 bits per heavy atom. The Morgan fingerprint density at radius 3 is 1.23 bits per heavy atom. The second kappa shape index (κ2) is 21.5. The number of halogens is 3. The van der Waals surface area contributed by atoms with Crippen LogP contribution in [0.15, 0.2) is 297 Å². The fourth-order valence-electron chi connectivity index (χ4n) is 13.7. The van der Waals surface area contributed by atoms with Gasteiger partial charge < -0.3 is 14.4 Å². The van der Waals surface area contributed by atoms with Gasteiger partial charge in [0.15, 0.2) is 0 Å². The van der Waals surface area contributed by atoms with Gasteiger partial charge in [-0.15, -0.1) is 0 Å². The van der Waals surface area contributed by atoms with Gasteiger partial charge in [0, 0.05) is 50.5 Å². The lowest BCUT2D eigenvalue weighted by molar-refractivity contribution is -0.137. The van der Waals surface area contributed by atoms with E-state index in [1.807, 2.05) is 47.0 Å². The van der Waals surface area contributed by atoms with Gasteiger partial charge in [-0.2, -0.15) is 23.7 Å². The highest BCUT2D eigenvalue weighted by molar-refractivity contribution is 7.00. The highest BCUT2D eigenvalue weighted by Crippen LogP contribution is 2.49. The van der Waals surface area contributed by atoms with Crippen molar-refractivity contribution in [2.45, 2.75) is 6.18 Å². The van der Waals surface area contributed by atoms with Gasteiger partial charge in [0.25, 0.3) is 6.71 Å². The topological polar surface area (TPSA) is 59.0 Å². The minimum atomic E-state index is -4.80. The van der Waals surface area contributed by atoms with E-state index in [1.54, 1.807) is 12.1 Å². The second-order valence-electron chi connectivity index (χ2n) is 22.9. The molecule has 90 heavy (non-hydrogen) atoms. The number of para-hydroxylation sites is 1. The van der Waals surface area contributed by atoms with Gasteiger partial charge in [0.2, 0.25) is 0 Å². The molecule has 3 heterocycles. The number of nitrogens with zero attached hydrogens (tertiary/aromatic N) is 5. The molecule has 0 saturated heterocycles. The number of nitriles is 2. The zero-order valence-corrected chi connectivity index (χ0v) is 48.2. The Bertz CT molecular complexity index is 5050. The lowest BCUT2D eigenvalue weighted by Gasteiger charge is -2.44. The number of fused-ring (bicyclic) bond motifs is 7. The van der Waals surface area contributed by atoms with Crippen LogP contribution in [0.3, 0.4) is 0 Å². The third kappa shape index (κ3) is 9.02. The van der Waals surface area contributed by atoms with Crippen molar-refractivity contribution < 1.29 is 13.2 Å². The minimum Gasteiger partial charge on any atom is -0.311 e. The summed E-state index contributed by atoms with van der Waals surface area (Å²) >= 11 is 0. The van der Waals surface area contributed by atoms with Crippen LogP contribution < -0.4 is 26.2 Å². The lowest BCUT2D eigenvalue weighted by Crippen LogP contribution is -2.61. The van der Waals surface area contributed by atoms with E-state index in [2.05, 4.69) is 240 Å². The molecule has 0 atom stereocenters. The molecular weight excluding hydrogens is 1110 g/mol. The minimum absolute atomic E-state index is 0.115. The largest absolute Gasteiger partial charge is 0.417 e. The van der Waals surface area contributed by atoms with Crippen LogP contribution in [0.4, 0.5) is 47.3 Å². The van der Waals surface area contributed by atoms with Crippen molar-refractivity contribution in [3.05, 3.63) is 314 Å². The van der Waals surface area contributed by atoms with E-state index in [4.69, 9.17) is 0 Å². The van der Waals surface area contributed by atoms with Crippen molar-refractivity contribution in [3.8, 4) is 84.6 Å². The van der Waals surface area contributed by atoms with Crippen molar-refractivity contribution in [2.24, 2.45) is 0 Å². The Balaban J connectivity index is 0.964. The maximum Gasteiger partial charge on any atom is 0.417 e. The number of rotatable bonds is 9. The number of benzene rings is 13.